The van der Waals surface area contributed by atoms with E-state index in [1.165, 1.54) is 77.0 Å². The topological polar surface area (TPSA) is 0 Å². The Hall–Kier alpha value is 2.07. The van der Waals surface area contributed by atoms with Crippen molar-refractivity contribution in [3.05, 3.63) is 105 Å². The Bertz CT molecular complexity index is 378. The first-order valence-corrected chi connectivity index (χ1v) is 11.6. The Morgan fingerprint density at radius 1 is 0.222 bits per heavy atom. The average molecular weight is 845 g/mol. The Kier molecular flexibility index (Phi) is 75.2. The van der Waals surface area contributed by atoms with Gasteiger partial charge in [-0.3, -0.25) is 0 Å². The molecule has 36 heavy (non-hydrogen) atoms. The van der Waals surface area contributed by atoms with Gasteiger partial charge in [0.25, 0.3) is 0 Å². The molecule has 0 saturated heterocycles. The fourth-order valence-corrected chi connectivity index (χ4v) is 2.89. The van der Waals surface area contributed by atoms with Crippen LogP contribution in [0.25, 0.3) is 0 Å². The third-order valence-corrected chi connectivity index (χ3v) is 4.56. The van der Waals surface area contributed by atoms with Gasteiger partial charge in [0.15, 0.2) is 0 Å². The molecule has 0 nitrogen and oxygen atoms in total. The van der Waals surface area contributed by atoms with E-state index in [1.807, 2.05) is 32.1 Å². The minimum atomic E-state index is 0. The Morgan fingerprint density at radius 3 is 0.389 bits per heavy atom. The fraction of sp³-hybridized carbons (Fsp3) is 0.414. The molecule has 0 heterocycles. The number of allylic oxidation sites excluding steroid dienone is 12. The van der Waals surface area contributed by atoms with Crippen LogP contribution in [0.15, 0.2) is 72.9 Å². The molecule has 4 rings (SSSR count). The number of hydrogen-bond acceptors (Lipinski definition) is 3. The standard InChI is InChI=1S/3C8H12.C5H5.3Rh.3H2S.Ti/c3*1-2-4-6-8-7-5-3-1;1-2-4-5-3-1;;;;;;;/h3*1-2,7-8H,3-6H2;1-5H;;;;3*1H2;/p-3/b3*2-1-,8-7-;;;;;;;;. The summed E-state index contributed by atoms with van der Waals surface area (Å²) in [5.41, 5.74) is 0. The minimum Gasteiger partial charge on any atom is -0.813 e. The van der Waals surface area contributed by atoms with E-state index in [2.05, 4.69) is 72.9 Å². The number of hydrogen-bond donors (Lipinski definition) is 0. The molecule has 4 aliphatic carbocycles. The second kappa shape index (κ2) is 50.0. The van der Waals surface area contributed by atoms with Gasteiger partial charge in [-0.15, -0.1) is 0 Å². The monoisotopic (exact) mass is 845 g/mol. The molecule has 0 aromatic heterocycles. The first-order chi connectivity index (χ1) is 14.5. The maximum absolute atomic E-state index is 2.27. The molecule has 1 fully saturated rings. The predicted octanol–water partition coefficient (Wildman–Crippen LogP) is 8.22. The largest absolute Gasteiger partial charge is 0.813 e. The summed E-state index contributed by atoms with van der Waals surface area (Å²) < 4.78 is 0. The number of rotatable bonds is 0. The van der Waals surface area contributed by atoms with Gasteiger partial charge in [-0.2, -0.15) is 0 Å². The van der Waals surface area contributed by atoms with E-state index in [-0.39, 0.29) is 121 Å². The van der Waals surface area contributed by atoms with Crippen LogP contribution in [0.1, 0.15) is 77.0 Å². The molecule has 0 spiro atoms. The third kappa shape index (κ3) is 46.0. The third-order valence-electron chi connectivity index (χ3n) is 4.56. The van der Waals surface area contributed by atoms with Crippen LogP contribution < -0.4 is 0 Å². The molecule has 4 aliphatic rings. The molecule has 0 N–H and O–H groups in total. The predicted molar refractivity (Wildman–Crippen MR) is 158 cm³/mol. The maximum Gasteiger partial charge on any atom is 0 e. The van der Waals surface area contributed by atoms with E-state index < -0.39 is 0 Å². The molecule has 0 bridgehead atoms. The summed E-state index contributed by atoms with van der Waals surface area (Å²) in [5.74, 6) is 0. The van der Waals surface area contributed by atoms with Gasteiger partial charge >= 0.3 is 0 Å². The van der Waals surface area contributed by atoms with E-state index in [1.54, 1.807) is 0 Å². The molecule has 212 valence electrons. The van der Waals surface area contributed by atoms with Crippen LogP contribution in [-0.2, 0) is 121 Å². The van der Waals surface area contributed by atoms with Gasteiger partial charge in [-0.1, -0.05) is 72.9 Å². The van der Waals surface area contributed by atoms with Crippen LogP contribution in [0.5, 0.6) is 0 Å². The van der Waals surface area contributed by atoms with Crippen molar-refractivity contribution in [1.82, 2.24) is 0 Å². The maximum atomic E-state index is 2.27. The molecule has 1 saturated carbocycles. The summed E-state index contributed by atoms with van der Waals surface area (Å²) in [6.07, 6.45) is 52.0. The molecule has 0 aliphatic heterocycles. The zero-order valence-electron chi connectivity index (χ0n) is 21.1. The van der Waals surface area contributed by atoms with Crippen LogP contribution in [0, 0.1) is 32.1 Å². The van der Waals surface area contributed by atoms with Crippen molar-refractivity contribution in [1.29, 1.82) is 0 Å². The summed E-state index contributed by atoms with van der Waals surface area (Å²) in [6.45, 7) is 0. The molecule has 0 aromatic rings. The normalized spacial score (nSPS) is 22.0. The van der Waals surface area contributed by atoms with Gasteiger partial charge in [0.05, 0.1) is 0 Å². The summed E-state index contributed by atoms with van der Waals surface area (Å²) in [6, 6.07) is 0. The van der Waals surface area contributed by atoms with Crippen molar-refractivity contribution in [2.24, 2.45) is 0 Å². The second-order valence-corrected chi connectivity index (χ2v) is 7.25. The van der Waals surface area contributed by atoms with Crippen LogP contribution >= 0.6 is 0 Å². The van der Waals surface area contributed by atoms with Crippen LogP contribution in [0.4, 0.5) is 0 Å². The van der Waals surface area contributed by atoms with Crippen molar-refractivity contribution < 1.29 is 80.2 Å². The van der Waals surface area contributed by atoms with Gasteiger partial charge < -0.3 is 40.5 Å². The van der Waals surface area contributed by atoms with E-state index in [0.29, 0.717) is 0 Å². The van der Waals surface area contributed by atoms with Gasteiger partial charge in [-0.25, -0.2) is 0 Å². The first kappa shape index (κ1) is 54.2. The van der Waals surface area contributed by atoms with Gasteiger partial charge in [0.1, 0.15) is 0 Å². The van der Waals surface area contributed by atoms with E-state index >= 15 is 0 Å². The Labute approximate surface area is 299 Å². The molecular weight excluding hydrogens is 801 g/mol. The van der Waals surface area contributed by atoms with E-state index in [0.717, 1.165) is 0 Å². The Morgan fingerprint density at radius 2 is 0.306 bits per heavy atom. The van der Waals surface area contributed by atoms with Crippen molar-refractivity contribution in [2.75, 3.05) is 0 Å². The van der Waals surface area contributed by atoms with Crippen LogP contribution in [-0.4, -0.2) is 0 Å². The van der Waals surface area contributed by atoms with Crippen molar-refractivity contribution >= 4 is 40.5 Å². The summed E-state index contributed by atoms with van der Waals surface area (Å²) in [4.78, 5) is 0. The average Bonchev–Trinajstić information content (AvgIpc) is 3.21. The zero-order valence-corrected chi connectivity index (χ0v) is 30.3. The fourth-order valence-electron chi connectivity index (χ4n) is 2.89. The first-order valence-electron chi connectivity index (χ1n) is 11.6. The molecule has 0 aromatic carbocycles. The second-order valence-electron chi connectivity index (χ2n) is 7.25. The van der Waals surface area contributed by atoms with Gasteiger partial charge in [-0.05, 0) is 109 Å². The van der Waals surface area contributed by atoms with Crippen molar-refractivity contribution in [2.45, 2.75) is 77.0 Å². The smallest absolute Gasteiger partial charge is 0 e. The van der Waals surface area contributed by atoms with Gasteiger partial charge in [0, 0.05) is 80.2 Å². The van der Waals surface area contributed by atoms with Gasteiger partial charge in [0.2, 0.25) is 0 Å². The molecule has 0 amide bonds. The van der Waals surface area contributed by atoms with E-state index in [9.17, 15) is 0 Å². The number of thiol groups is 3. The zero-order chi connectivity index (χ0) is 20.5. The molecular formula is C29H44Rh3S3Ti-3. The van der Waals surface area contributed by atoms with Crippen molar-refractivity contribution in [3.8, 4) is 0 Å². The molecule has 0 unspecified atom stereocenters. The quantitative estimate of drug-likeness (QED) is 0.105. The van der Waals surface area contributed by atoms with E-state index in [4.69, 9.17) is 0 Å². The summed E-state index contributed by atoms with van der Waals surface area (Å²) >= 11 is 0. The summed E-state index contributed by atoms with van der Waals surface area (Å²) in [5, 5.41) is 0. The summed E-state index contributed by atoms with van der Waals surface area (Å²) in [7, 11) is 0. The van der Waals surface area contributed by atoms with Crippen LogP contribution in [0.3, 0.4) is 0 Å². The molecule has 0 atom stereocenters. The minimum absolute atomic E-state index is 0. The van der Waals surface area contributed by atoms with Crippen molar-refractivity contribution in [3.63, 3.8) is 0 Å². The molecule has 7 heteroatoms. The Balaban J connectivity index is -0.0000000591. The van der Waals surface area contributed by atoms with Crippen LogP contribution in [0.2, 0.25) is 0 Å². The molecule has 8 radical (unpaired) electrons. The SMILES string of the molecule is C1=C\CC/C=C\CC/1.C1=C\CC/C=C\CC/1.C1=C\CC/C=C\CC/1.[CH]1[CH][CH][CH][CH]1.[Rh].[Rh].[Rh].[SH-].[SH-].[SH-].[Ti].